The molecule has 0 heterocycles. The van der Waals surface area contributed by atoms with Gasteiger partial charge in [-0.05, 0) is 44.7 Å². The largest absolute Gasteiger partial charge is 0.444 e. The number of amides is 1. The maximum absolute atomic E-state index is 11.4. The van der Waals surface area contributed by atoms with Crippen molar-refractivity contribution < 1.29 is 9.53 Å². The van der Waals surface area contributed by atoms with Crippen LogP contribution >= 0.6 is 0 Å². The van der Waals surface area contributed by atoms with Crippen LogP contribution in [0.5, 0.6) is 0 Å². The van der Waals surface area contributed by atoms with Crippen molar-refractivity contribution in [2.45, 2.75) is 37.8 Å². The Labute approximate surface area is 111 Å². The van der Waals surface area contributed by atoms with Crippen LogP contribution in [0.25, 0.3) is 0 Å². The molecule has 0 spiro atoms. The van der Waals surface area contributed by atoms with Gasteiger partial charge in [-0.25, -0.2) is 4.79 Å². The second-order valence-electron chi connectivity index (χ2n) is 5.01. The maximum Gasteiger partial charge on any atom is 0.407 e. The van der Waals surface area contributed by atoms with E-state index in [-0.39, 0.29) is 0 Å². The summed E-state index contributed by atoms with van der Waals surface area (Å²) >= 11 is 0. The zero-order valence-electron chi connectivity index (χ0n) is 11.2. The van der Waals surface area contributed by atoms with Gasteiger partial charge < -0.3 is 10.1 Å². The Hall–Kier alpha value is -1.36. The van der Waals surface area contributed by atoms with Crippen molar-refractivity contribution in [1.82, 2.24) is 5.32 Å². The third kappa shape index (κ3) is 5.31. The van der Waals surface area contributed by atoms with Crippen molar-refractivity contribution in [1.29, 1.82) is 4.78 Å². The Balaban J connectivity index is 2.49. The third-order valence-electron chi connectivity index (χ3n) is 2.11. The molecule has 0 saturated carbocycles. The van der Waals surface area contributed by atoms with Crippen LogP contribution in [0, 0.1) is 4.78 Å². The van der Waals surface area contributed by atoms with Gasteiger partial charge in [0.15, 0.2) is 0 Å². The number of benzene rings is 1. The van der Waals surface area contributed by atoms with Crippen molar-refractivity contribution in [2.24, 2.45) is 0 Å². The quantitative estimate of drug-likeness (QED) is 0.885. The zero-order chi connectivity index (χ0) is 13.8. The van der Waals surface area contributed by atoms with Crippen LogP contribution in [-0.4, -0.2) is 18.0 Å². The molecule has 0 radical (unpaired) electrons. The minimum Gasteiger partial charge on any atom is -0.444 e. The number of ether oxygens (including phenoxy) is 1. The maximum atomic E-state index is 11.4. The van der Waals surface area contributed by atoms with E-state index in [0.717, 1.165) is 10.5 Å². The van der Waals surface area contributed by atoms with Crippen LogP contribution in [0.3, 0.4) is 0 Å². The van der Waals surface area contributed by atoms with Crippen LogP contribution in [0.4, 0.5) is 4.79 Å². The Morgan fingerprint density at radius 3 is 2.33 bits per heavy atom. The van der Waals surface area contributed by atoms with Crippen molar-refractivity contribution in [3.05, 3.63) is 29.8 Å². The first kappa shape index (κ1) is 14.7. The Bertz CT molecular complexity index is 435. The number of carbonyl (C=O) groups excluding carboxylic acids is 1. The first-order valence-electron chi connectivity index (χ1n) is 5.71. The molecule has 0 aliphatic rings. The molecule has 0 fully saturated rings. The molecule has 100 valence electrons. The average molecular weight is 268 g/mol. The van der Waals surface area contributed by atoms with E-state index in [1.807, 2.05) is 51.3 Å². The van der Waals surface area contributed by atoms with E-state index in [4.69, 9.17) is 9.52 Å². The van der Waals surface area contributed by atoms with Crippen molar-refractivity contribution in [2.75, 3.05) is 6.26 Å². The lowest BCUT2D eigenvalue weighted by Gasteiger charge is -2.19. The molecular weight excluding hydrogens is 248 g/mol. The SMILES string of the molecule is CS(=N)c1ccc(CNC(=O)OC(C)(C)C)cc1. The number of nitrogens with one attached hydrogen (secondary N) is 2. The Morgan fingerprint density at radius 2 is 1.89 bits per heavy atom. The third-order valence-corrected chi connectivity index (χ3v) is 3.09. The van der Waals surface area contributed by atoms with Crippen LogP contribution in [0.2, 0.25) is 0 Å². The number of hydrogen-bond donors (Lipinski definition) is 2. The van der Waals surface area contributed by atoms with Crippen molar-refractivity contribution in [3.63, 3.8) is 0 Å². The molecule has 18 heavy (non-hydrogen) atoms. The summed E-state index contributed by atoms with van der Waals surface area (Å²) < 4.78 is 12.7. The summed E-state index contributed by atoms with van der Waals surface area (Å²) in [4.78, 5) is 12.4. The minimum absolute atomic E-state index is 0.415. The summed E-state index contributed by atoms with van der Waals surface area (Å²) in [6.45, 7) is 5.93. The highest BCUT2D eigenvalue weighted by Gasteiger charge is 2.15. The lowest BCUT2D eigenvalue weighted by molar-refractivity contribution is 0.0523. The van der Waals surface area contributed by atoms with E-state index in [9.17, 15) is 4.79 Å². The number of rotatable bonds is 3. The van der Waals surface area contributed by atoms with Crippen LogP contribution < -0.4 is 5.32 Å². The van der Waals surface area contributed by atoms with E-state index >= 15 is 0 Å². The lowest BCUT2D eigenvalue weighted by atomic mass is 10.2. The van der Waals surface area contributed by atoms with Crippen LogP contribution in [-0.2, 0) is 22.0 Å². The van der Waals surface area contributed by atoms with Gasteiger partial charge in [-0.3, -0.25) is 4.78 Å². The monoisotopic (exact) mass is 268 g/mol. The Kier molecular flexibility index (Phi) is 4.90. The molecule has 0 aromatic heterocycles. The van der Waals surface area contributed by atoms with Gasteiger partial charge in [-0.1, -0.05) is 22.8 Å². The first-order chi connectivity index (χ1) is 8.28. The number of carbonyl (C=O) groups is 1. The minimum atomic E-state index is -0.476. The molecule has 5 heteroatoms. The van der Waals surface area contributed by atoms with Gasteiger partial charge in [-0.2, -0.15) is 0 Å². The van der Waals surface area contributed by atoms with Gasteiger partial charge in [0, 0.05) is 11.4 Å². The smallest absolute Gasteiger partial charge is 0.407 e. The molecule has 4 nitrogen and oxygen atoms in total. The van der Waals surface area contributed by atoms with Gasteiger partial charge in [-0.15, -0.1) is 0 Å². The number of alkyl carbamates (subject to hydrolysis) is 1. The van der Waals surface area contributed by atoms with Gasteiger partial charge in [0.25, 0.3) is 0 Å². The molecule has 0 saturated heterocycles. The number of hydrogen-bond acceptors (Lipinski definition) is 3. The molecule has 1 atom stereocenters. The van der Waals surface area contributed by atoms with E-state index in [0.29, 0.717) is 6.54 Å². The molecular formula is C13H20N2O2S. The highest BCUT2D eigenvalue weighted by molar-refractivity contribution is 7.85. The molecule has 1 aromatic rings. The summed E-state index contributed by atoms with van der Waals surface area (Å²) in [5.74, 6) is 0. The van der Waals surface area contributed by atoms with Gasteiger partial charge in [0.2, 0.25) is 0 Å². The zero-order valence-corrected chi connectivity index (χ0v) is 12.1. The summed E-state index contributed by atoms with van der Waals surface area (Å²) in [6.07, 6.45) is 1.44. The van der Waals surface area contributed by atoms with E-state index < -0.39 is 22.4 Å². The summed E-state index contributed by atoms with van der Waals surface area (Å²) in [7, 11) is -0.475. The van der Waals surface area contributed by atoms with E-state index in [1.54, 1.807) is 0 Å². The van der Waals surface area contributed by atoms with Crippen molar-refractivity contribution >= 4 is 16.8 Å². The van der Waals surface area contributed by atoms with Gasteiger partial charge in [0.05, 0.1) is 0 Å². The van der Waals surface area contributed by atoms with E-state index in [2.05, 4.69) is 5.32 Å². The highest BCUT2D eigenvalue weighted by Crippen LogP contribution is 2.09. The predicted octanol–water partition coefficient (Wildman–Crippen LogP) is 3.08. The average Bonchev–Trinajstić information content (AvgIpc) is 2.24. The second-order valence-corrected chi connectivity index (χ2v) is 6.50. The van der Waals surface area contributed by atoms with Gasteiger partial charge in [0.1, 0.15) is 5.60 Å². The molecule has 2 N–H and O–H groups in total. The van der Waals surface area contributed by atoms with Crippen LogP contribution in [0.1, 0.15) is 26.3 Å². The molecule has 0 bridgehead atoms. The molecule has 0 aliphatic heterocycles. The molecule has 1 aromatic carbocycles. The molecule has 1 rings (SSSR count). The fourth-order valence-electron chi connectivity index (χ4n) is 1.30. The Morgan fingerprint density at radius 1 is 1.33 bits per heavy atom. The summed E-state index contributed by atoms with van der Waals surface area (Å²) in [5.41, 5.74) is 0.519. The van der Waals surface area contributed by atoms with Crippen LogP contribution in [0.15, 0.2) is 29.2 Å². The summed E-state index contributed by atoms with van der Waals surface area (Å²) in [6, 6.07) is 7.68. The normalized spacial score (nSPS) is 12.9. The fraction of sp³-hybridized carbons (Fsp3) is 0.462. The summed E-state index contributed by atoms with van der Waals surface area (Å²) in [5, 5.41) is 2.70. The van der Waals surface area contributed by atoms with Crippen molar-refractivity contribution in [3.8, 4) is 0 Å². The highest BCUT2D eigenvalue weighted by atomic mass is 32.2. The topological polar surface area (TPSA) is 62.2 Å². The molecule has 1 amide bonds. The van der Waals surface area contributed by atoms with Gasteiger partial charge >= 0.3 is 6.09 Å². The molecule has 0 aliphatic carbocycles. The fourth-order valence-corrected chi connectivity index (χ4v) is 1.84. The lowest BCUT2D eigenvalue weighted by Crippen LogP contribution is -2.32. The molecule has 1 unspecified atom stereocenters. The standard InChI is InChI=1S/C13H20N2O2S/c1-13(2,3)17-12(16)15-9-10-5-7-11(8-6-10)18(4)14/h5-8,14H,9H2,1-4H3,(H,15,16). The van der Waals surface area contributed by atoms with E-state index in [1.165, 1.54) is 0 Å². The predicted molar refractivity (Wildman–Crippen MR) is 73.8 cm³/mol. The first-order valence-corrected chi connectivity index (χ1v) is 7.34. The second kappa shape index (κ2) is 6.00.